The Labute approximate surface area is 116 Å². The standard InChI is InChI=1S/C15H13F2NO2.H2/c1-2-7-15(16,17)10-5-3-9(4-6-10)14-8-11(14)12(19)18-13(14)20;/h2-6,11H,1,7-8H2,(H,18,19,20);1H. The Morgan fingerprint density at radius 2 is 2.05 bits per heavy atom. The Bertz CT molecular complexity index is 615. The van der Waals surface area contributed by atoms with Crippen LogP contribution in [0.1, 0.15) is 25.4 Å². The molecular formula is C15H15F2NO2. The van der Waals surface area contributed by atoms with Crippen LogP contribution in [0, 0.1) is 5.92 Å². The van der Waals surface area contributed by atoms with Gasteiger partial charge in [0, 0.05) is 13.4 Å². The summed E-state index contributed by atoms with van der Waals surface area (Å²) in [7, 11) is 0. The molecule has 0 aromatic heterocycles. The lowest BCUT2D eigenvalue weighted by Crippen LogP contribution is -2.30. The van der Waals surface area contributed by atoms with Crippen LogP contribution in [-0.4, -0.2) is 11.8 Å². The Balaban J connectivity index is 0.00000161. The van der Waals surface area contributed by atoms with Crippen LogP contribution < -0.4 is 5.32 Å². The number of fused-ring (bicyclic) bond motifs is 1. The summed E-state index contributed by atoms with van der Waals surface area (Å²) in [6.45, 7) is 3.32. The first-order valence-electron chi connectivity index (χ1n) is 6.37. The number of halogens is 2. The maximum Gasteiger partial charge on any atom is 0.276 e. The van der Waals surface area contributed by atoms with Crippen molar-refractivity contribution in [3.8, 4) is 0 Å². The van der Waals surface area contributed by atoms with E-state index >= 15 is 0 Å². The Hall–Kier alpha value is -2.04. The number of rotatable bonds is 4. The lowest BCUT2D eigenvalue weighted by Gasteiger charge is -2.16. The molecule has 0 radical (unpaired) electrons. The van der Waals surface area contributed by atoms with Crippen LogP contribution in [0.5, 0.6) is 0 Å². The maximum atomic E-state index is 13.7. The molecule has 1 saturated heterocycles. The van der Waals surface area contributed by atoms with E-state index in [2.05, 4.69) is 11.9 Å². The van der Waals surface area contributed by atoms with Gasteiger partial charge in [-0.1, -0.05) is 30.3 Å². The highest BCUT2D eigenvalue weighted by Gasteiger charge is 2.69. The van der Waals surface area contributed by atoms with Gasteiger partial charge in [0.1, 0.15) is 0 Å². The second-order valence-corrected chi connectivity index (χ2v) is 5.32. The van der Waals surface area contributed by atoms with E-state index in [9.17, 15) is 18.4 Å². The molecule has 1 aliphatic carbocycles. The quantitative estimate of drug-likeness (QED) is 0.680. The third kappa shape index (κ3) is 1.62. The number of piperidine rings is 1. The van der Waals surface area contributed by atoms with Gasteiger partial charge in [-0.15, -0.1) is 6.58 Å². The number of imide groups is 1. The van der Waals surface area contributed by atoms with E-state index in [1.807, 2.05) is 0 Å². The lowest BCUT2D eigenvalue weighted by atomic mass is 9.92. The van der Waals surface area contributed by atoms with Crippen LogP contribution in [0.4, 0.5) is 8.78 Å². The number of allylic oxidation sites excluding steroid dienone is 1. The van der Waals surface area contributed by atoms with Crippen molar-refractivity contribution in [3.05, 3.63) is 48.0 Å². The molecule has 3 nitrogen and oxygen atoms in total. The SMILES string of the molecule is C=CCC(F)(F)c1ccc(C23CC2C(=O)NC3=O)cc1.[HH]. The Morgan fingerprint density at radius 3 is 2.50 bits per heavy atom. The molecule has 20 heavy (non-hydrogen) atoms. The summed E-state index contributed by atoms with van der Waals surface area (Å²) in [6.07, 6.45) is 1.21. The second-order valence-electron chi connectivity index (χ2n) is 5.32. The van der Waals surface area contributed by atoms with E-state index in [-0.39, 0.29) is 24.7 Å². The van der Waals surface area contributed by atoms with Crippen molar-refractivity contribution in [2.75, 3.05) is 0 Å². The minimum atomic E-state index is -2.96. The first-order chi connectivity index (χ1) is 9.41. The van der Waals surface area contributed by atoms with E-state index in [4.69, 9.17) is 0 Å². The Kier molecular flexibility index (Phi) is 2.58. The molecule has 2 fully saturated rings. The van der Waals surface area contributed by atoms with Gasteiger partial charge in [-0.3, -0.25) is 14.9 Å². The molecule has 0 spiro atoms. The van der Waals surface area contributed by atoms with Crippen LogP contribution in [0.2, 0.25) is 0 Å². The summed E-state index contributed by atoms with van der Waals surface area (Å²) < 4.78 is 27.4. The van der Waals surface area contributed by atoms with Crippen LogP contribution in [0.15, 0.2) is 36.9 Å². The molecular weight excluding hydrogens is 264 g/mol. The number of alkyl halides is 2. The van der Waals surface area contributed by atoms with Crippen LogP contribution in [0.25, 0.3) is 0 Å². The van der Waals surface area contributed by atoms with Gasteiger partial charge in [0.2, 0.25) is 11.8 Å². The lowest BCUT2D eigenvalue weighted by molar-refractivity contribution is -0.127. The fraction of sp³-hybridized carbons (Fsp3) is 0.333. The van der Waals surface area contributed by atoms with Gasteiger partial charge in [-0.2, -0.15) is 0 Å². The monoisotopic (exact) mass is 279 g/mol. The van der Waals surface area contributed by atoms with Crippen molar-refractivity contribution >= 4 is 11.8 Å². The zero-order valence-corrected chi connectivity index (χ0v) is 10.7. The maximum absolute atomic E-state index is 13.7. The molecule has 2 amide bonds. The number of hydrogen-bond donors (Lipinski definition) is 1. The summed E-state index contributed by atoms with van der Waals surface area (Å²) in [5.74, 6) is -3.89. The number of hydrogen-bond acceptors (Lipinski definition) is 2. The van der Waals surface area contributed by atoms with Crippen molar-refractivity contribution < 1.29 is 19.8 Å². The number of amides is 2. The molecule has 1 saturated carbocycles. The molecule has 2 atom stereocenters. The minimum Gasteiger partial charge on any atom is -0.295 e. The van der Waals surface area contributed by atoms with Gasteiger partial charge in [0.25, 0.3) is 5.92 Å². The van der Waals surface area contributed by atoms with E-state index in [0.717, 1.165) is 0 Å². The molecule has 106 valence electrons. The zero-order chi connectivity index (χ0) is 14.5. The molecule has 1 N–H and O–H groups in total. The largest absolute Gasteiger partial charge is 0.295 e. The van der Waals surface area contributed by atoms with Crippen molar-refractivity contribution in [1.82, 2.24) is 5.32 Å². The molecule has 5 heteroatoms. The smallest absolute Gasteiger partial charge is 0.276 e. The summed E-state index contributed by atoms with van der Waals surface area (Å²) >= 11 is 0. The number of carbonyl (C=O) groups excluding carboxylic acids is 2. The number of nitrogens with one attached hydrogen (secondary N) is 1. The summed E-state index contributed by atoms with van der Waals surface area (Å²) in [5.41, 5.74) is -0.299. The average molecular weight is 279 g/mol. The van der Waals surface area contributed by atoms with Gasteiger partial charge in [0.05, 0.1) is 11.3 Å². The third-order valence-electron chi connectivity index (χ3n) is 4.14. The van der Waals surface area contributed by atoms with Gasteiger partial charge in [0.15, 0.2) is 0 Å². The Morgan fingerprint density at radius 1 is 1.40 bits per heavy atom. The van der Waals surface area contributed by atoms with Crippen molar-refractivity contribution in [3.63, 3.8) is 0 Å². The van der Waals surface area contributed by atoms with Crippen molar-refractivity contribution in [2.24, 2.45) is 5.92 Å². The molecule has 1 heterocycles. The fourth-order valence-corrected chi connectivity index (χ4v) is 2.90. The highest BCUT2D eigenvalue weighted by Crippen LogP contribution is 2.57. The summed E-state index contributed by atoms with van der Waals surface area (Å²) in [5, 5.41) is 2.28. The summed E-state index contributed by atoms with van der Waals surface area (Å²) in [6, 6.07) is 5.67. The molecule has 0 bridgehead atoms. The van der Waals surface area contributed by atoms with Crippen LogP contribution >= 0.6 is 0 Å². The first-order valence-corrected chi connectivity index (χ1v) is 6.37. The summed E-state index contributed by atoms with van der Waals surface area (Å²) in [4.78, 5) is 23.3. The molecule has 1 aromatic rings. The fourth-order valence-electron chi connectivity index (χ4n) is 2.90. The molecule has 1 aromatic carbocycles. The number of carbonyl (C=O) groups is 2. The van der Waals surface area contributed by atoms with Gasteiger partial charge in [-0.05, 0) is 12.0 Å². The second kappa shape index (κ2) is 3.98. The van der Waals surface area contributed by atoms with Gasteiger partial charge < -0.3 is 0 Å². The molecule has 2 unspecified atom stereocenters. The highest BCUT2D eigenvalue weighted by molar-refractivity contribution is 6.15. The van der Waals surface area contributed by atoms with Crippen LogP contribution in [0.3, 0.4) is 0 Å². The topological polar surface area (TPSA) is 46.2 Å². The average Bonchev–Trinajstić information content (AvgIpc) is 3.10. The van der Waals surface area contributed by atoms with E-state index in [0.29, 0.717) is 12.0 Å². The van der Waals surface area contributed by atoms with Crippen LogP contribution in [-0.2, 0) is 20.9 Å². The van der Waals surface area contributed by atoms with Gasteiger partial charge in [-0.25, -0.2) is 8.78 Å². The van der Waals surface area contributed by atoms with E-state index in [1.165, 1.54) is 30.3 Å². The molecule has 1 aliphatic heterocycles. The number of benzene rings is 1. The molecule has 3 rings (SSSR count). The predicted octanol–water partition coefficient (Wildman–Crippen LogP) is 2.51. The van der Waals surface area contributed by atoms with Crippen molar-refractivity contribution in [2.45, 2.75) is 24.2 Å². The minimum absolute atomic E-state index is 0. The zero-order valence-electron chi connectivity index (χ0n) is 10.7. The first kappa shape index (κ1) is 13.0. The van der Waals surface area contributed by atoms with Gasteiger partial charge >= 0.3 is 0 Å². The highest BCUT2D eigenvalue weighted by atomic mass is 19.3. The van der Waals surface area contributed by atoms with E-state index < -0.39 is 17.8 Å². The third-order valence-corrected chi connectivity index (χ3v) is 4.14. The molecule has 2 aliphatic rings. The van der Waals surface area contributed by atoms with E-state index in [1.54, 1.807) is 0 Å². The normalized spacial score (nSPS) is 28.0. The predicted molar refractivity (Wildman–Crippen MR) is 70.2 cm³/mol. The van der Waals surface area contributed by atoms with Crippen molar-refractivity contribution in [1.29, 1.82) is 0 Å².